The molecule has 1 N–H and O–H groups in total. The van der Waals surface area contributed by atoms with Crippen molar-refractivity contribution in [2.45, 2.75) is 6.42 Å². The lowest BCUT2D eigenvalue weighted by molar-refractivity contribution is 0.0953. The van der Waals surface area contributed by atoms with Gasteiger partial charge in [0, 0.05) is 24.5 Å². The number of aromatic nitrogens is 2. The number of carbonyl (C=O) groups is 1. The van der Waals surface area contributed by atoms with Gasteiger partial charge in [-0.2, -0.15) is 0 Å². The fraction of sp³-hybridized carbons (Fsp3) is 0.182. The summed E-state index contributed by atoms with van der Waals surface area (Å²) in [7, 11) is 0. The second kappa shape index (κ2) is 5.88. The van der Waals surface area contributed by atoms with Crippen LogP contribution in [0.25, 0.3) is 0 Å². The van der Waals surface area contributed by atoms with E-state index in [1.54, 1.807) is 35.2 Å². The van der Waals surface area contributed by atoms with Crippen LogP contribution in [-0.4, -0.2) is 22.4 Å². The van der Waals surface area contributed by atoms with Crippen molar-refractivity contribution in [1.82, 2.24) is 15.3 Å². The second-order valence-corrected chi connectivity index (χ2v) is 4.80. The van der Waals surface area contributed by atoms with Gasteiger partial charge in [-0.05, 0) is 28.1 Å². The van der Waals surface area contributed by atoms with E-state index in [2.05, 4.69) is 31.2 Å². The number of hydrogen-bond donors (Lipinski definition) is 1. The molecule has 0 aliphatic carbocycles. The number of thiazole rings is 1. The lowest BCUT2D eigenvalue weighted by atomic mass is 10.2. The number of pyridine rings is 1. The Morgan fingerprint density at radius 1 is 1.47 bits per heavy atom. The van der Waals surface area contributed by atoms with Crippen molar-refractivity contribution in [2.75, 3.05) is 6.54 Å². The molecule has 2 rings (SSSR count). The normalized spacial score (nSPS) is 10.2. The average Bonchev–Trinajstić information content (AvgIpc) is 2.82. The summed E-state index contributed by atoms with van der Waals surface area (Å²) in [6.45, 7) is 0.573. The number of rotatable bonds is 4. The van der Waals surface area contributed by atoms with E-state index in [0.29, 0.717) is 16.7 Å². The average molecular weight is 312 g/mol. The molecule has 0 radical (unpaired) electrons. The molecule has 2 aromatic heterocycles. The molecule has 0 bridgehead atoms. The van der Waals surface area contributed by atoms with Crippen molar-refractivity contribution in [3.63, 3.8) is 0 Å². The van der Waals surface area contributed by atoms with Crippen LogP contribution >= 0.6 is 27.3 Å². The van der Waals surface area contributed by atoms with Crippen LogP contribution in [-0.2, 0) is 6.42 Å². The summed E-state index contributed by atoms with van der Waals surface area (Å²) in [5, 5.41) is 4.81. The Bertz CT molecular complexity index is 501. The third kappa shape index (κ3) is 3.34. The maximum absolute atomic E-state index is 11.8. The molecule has 0 aromatic carbocycles. The zero-order valence-corrected chi connectivity index (χ0v) is 11.3. The fourth-order valence-corrected chi connectivity index (χ4v) is 2.34. The smallest absolute Gasteiger partial charge is 0.254 e. The Hall–Kier alpha value is -1.27. The van der Waals surface area contributed by atoms with Crippen LogP contribution in [0, 0.1) is 0 Å². The lowest BCUT2D eigenvalue weighted by Gasteiger charge is -2.04. The number of nitrogens with zero attached hydrogens (tertiary/aromatic N) is 2. The monoisotopic (exact) mass is 311 g/mol. The zero-order chi connectivity index (χ0) is 12.1. The molecule has 0 atom stereocenters. The van der Waals surface area contributed by atoms with Gasteiger partial charge in [-0.15, -0.1) is 11.3 Å². The molecule has 0 saturated carbocycles. The molecule has 0 saturated heterocycles. The number of hydrogen-bond acceptors (Lipinski definition) is 4. The molecule has 0 unspecified atom stereocenters. The van der Waals surface area contributed by atoms with Crippen LogP contribution in [0.2, 0.25) is 0 Å². The quantitative estimate of drug-likeness (QED) is 0.881. The minimum atomic E-state index is -0.125. The highest BCUT2D eigenvalue weighted by Gasteiger charge is 2.09. The van der Waals surface area contributed by atoms with E-state index >= 15 is 0 Å². The van der Waals surface area contributed by atoms with Crippen molar-refractivity contribution >= 4 is 33.2 Å². The van der Waals surface area contributed by atoms with Crippen LogP contribution in [0.5, 0.6) is 0 Å². The Balaban J connectivity index is 1.88. The fourth-order valence-electron chi connectivity index (χ4n) is 1.32. The van der Waals surface area contributed by atoms with Crippen molar-refractivity contribution in [3.8, 4) is 0 Å². The van der Waals surface area contributed by atoms with Gasteiger partial charge in [-0.3, -0.25) is 4.79 Å². The molecule has 0 aliphatic rings. The number of amides is 1. The predicted octanol–water partition coefficient (Wildman–Crippen LogP) is 2.27. The van der Waals surface area contributed by atoms with E-state index in [1.807, 2.05) is 5.38 Å². The first kappa shape index (κ1) is 12.2. The molecule has 0 spiro atoms. The number of nitrogens with one attached hydrogen (secondary N) is 1. The summed E-state index contributed by atoms with van der Waals surface area (Å²) in [5.41, 5.74) is 3.33. The molecule has 88 valence electrons. The van der Waals surface area contributed by atoms with Gasteiger partial charge in [0.2, 0.25) is 0 Å². The molecule has 0 aliphatic heterocycles. The molecular formula is C11H10BrN3OS. The van der Waals surface area contributed by atoms with Gasteiger partial charge in [0.25, 0.3) is 5.91 Å². The summed E-state index contributed by atoms with van der Waals surface area (Å²) in [6, 6.07) is 3.47. The lowest BCUT2D eigenvalue weighted by Crippen LogP contribution is -2.26. The minimum Gasteiger partial charge on any atom is -0.352 e. The standard InChI is InChI=1S/C11H10BrN3OS/c12-10-9(2-1-4-13-10)11(16)14-5-3-8-6-17-7-15-8/h1-2,4,6-7H,3,5H2,(H,14,16). The first-order chi connectivity index (χ1) is 8.27. The van der Waals surface area contributed by atoms with E-state index in [0.717, 1.165) is 12.1 Å². The Morgan fingerprint density at radius 3 is 3.06 bits per heavy atom. The molecule has 2 aromatic rings. The maximum atomic E-state index is 11.8. The minimum absolute atomic E-state index is 0.125. The van der Waals surface area contributed by atoms with E-state index in [4.69, 9.17) is 0 Å². The molecule has 0 fully saturated rings. The number of carbonyl (C=O) groups excluding carboxylic acids is 1. The molecule has 2 heterocycles. The molecule has 6 heteroatoms. The summed E-state index contributed by atoms with van der Waals surface area (Å²) >= 11 is 4.80. The van der Waals surface area contributed by atoms with Gasteiger partial charge in [-0.1, -0.05) is 0 Å². The molecule has 1 amide bonds. The summed E-state index contributed by atoms with van der Waals surface area (Å²) in [6.07, 6.45) is 2.38. The topological polar surface area (TPSA) is 54.9 Å². The van der Waals surface area contributed by atoms with Gasteiger partial charge in [0.15, 0.2) is 0 Å². The van der Waals surface area contributed by atoms with E-state index < -0.39 is 0 Å². The van der Waals surface area contributed by atoms with E-state index in [-0.39, 0.29) is 5.91 Å². The second-order valence-electron chi connectivity index (χ2n) is 3.33. The highest BCUT2D eigenvalue weighted by Crippen LogP contribution is 2.12. The van der Waals surface area contributed by atoms with E-state index in [1.165, 1.54) is 0 Å². The van der Waals surface area contributed by atoms with Gasteiger partial charge in [-0.25, -0.2) is 9.97 Å². The van der Waals surface area contributed by atoms with Crippen LogP contribution in [0.1, 0.15) is 16.1 Å². The van der Waals surface area contributed by atoms with Crippen LogP contribution in [0.3, 0.4) is 0 Å². The van der Waals surface area contributed by atoms with Crippen molar-refractivity contribution in [3.05, 3.63) is 45.1 Å². The highest BCUT2D eigenvalue weighted by atomic mass is 79.9. The Labute approximate surface area is 111 Å². The SMILES string of the molecule is O=C(NCCc1cscn1)c1cccnc1Br. The van der Waals surface area contributed by atoms with Crippen LogP contribution in [0.15, 0.2) is 33.8 Å². The molecular weight excluding hydrogens is 302 g/mol. The third-order valence-corrected chi connectivity index (χ3v) is 3.42. The predicted molar refractivity (Wildman–Crippen MR) is 70.1 cm³/mol. The maximum Gasteiger partial charge on any atom is 0.254 e. The van der Waals surface area contributed by atoms with Crippen LogP contribution in [0.4, 0.5) is 0 Å². The summed E-state index contributed by atoms with van der Waals surface area (Å²) < 4.78 is 0.561. The molecule has 4 nitrogen and oxygen atoms in total. The number of halogens is 1. The van der Waals surface area contributed by atoms with Crippen molar-refractivity contribution < 1.29 is 4.79 Å². The first-order valence-corrected chi connectivity index (χ1v) is 6.77. The summed E-state index contributed by atoms with van der Waals surface area (Å²) in [5.74, 6) is -0.125. The van der Waals surface area contributed by atoms with E-state index in [9.17, 15) is 4.79 Å². The molecule has 17 heavy (non-hydrogen) atoms. The Kier molecular flexibility index (Phi) is 4.22. The largest absolute Gasteiger partial charge is 0.352 e. The van der Waals surface area contributed by atoms with Crippen molar-refractivity contribution in [1.29, 1.82) is 0 Å². The van der Waals surface area contributed by atoms with Gasteiger partial charge >= 0.3 is 0 Å². The van der Waals surface area contributed by atoms with Crippen LogP contribution < -0.4 is 5.32 Å². The third-order valence-electron chi connectivity index (χ3n) is 2.15. The van der Waals surface area contributed by atoms with Gasteiger partial charge in [0.1, 0.15) is 4.60 Å². The summed E-state index contributed by atoms with van der Waals surface area (Å²) in [4.78, 5) is 19.9. The zero-order valence-electron chi connectivity index (χ0n) is 8.89. The van der Waals surface area contributed by atoms with Gasteiger partial charge in [0.05, 0.1) is 16.8 Å². The highest BCUT2D eigenvalue weighted by molar-refractivity contribution is 9.10. The van der Waals surface area contributed by atoms with Crippen molar-refractivity contribution in [2.24, 2.45) is 0 Å². The Morgan fingerprint density at radius 2 is 2.35 bits per heavy atom. The van der Waals surface area contributed by atoms with Gasteiger partial charge < -0.3 is 5.32 Å². The first-order valence-electron chi connectivity index (χ1n) is 5.03.